The molecule has 2 aliphatic heterocycles. The molecule has 0 fully saturated rings. The van der Waals surface area contributed by atoms with Gasteiger partial charge in [0.2, 0.25) is 0 Å². The second kappa shape index (κ2) is 3.19. The number of hydrogen-bond acceptors (Lipinski definition) is 2. The molecule has 0 bridgehead atoms. The minimum atomic E-state index is 1.04. The SMILES string of the molecule is CCC1=CN(Cl)C2=CCSC2=C1. The summed E-state index contributed by atoms with van der Waals surface area (Å²) in [5, 5.41) is 0. The van der Waals surface area contributed by atoms with E-state index in [2.05, 4.69) is 19.1 Å². The zero-order valence-electron chi connectivity index (χ0n) is 6.88. The summed E-state index contributed by atoms with van der Waals surface area (Å²) in [7, 11) is 0. The summed E-state index contributed by atoms with van der Waals surface area (Å²) < 4.78 is 1.70. The highest BCUT2D eigenvalue weighted by molar-refractivity contribution is 8.03. The van der Waals surface area contributed by atoms with Crippen molar-refractivity contribution < 1.29 is 0 Å². The molecular weight excluding hydrogens is 190 g/mol. The van der Waals surface area contributed by atoms with Gasteiger partial charge in [0.25, 0.3) is 0 Å². The van der Waals surface area contributed by atoms with Gasteiger partial charge >= 0.3 is 0 Å². The number of fused-ring (bicyclic) bond motifs is 1. The average molecular weight is 200 g/mol. The predicted octanol–water partition coefficient (Wildman–Crippen LogP) is 3.26. The first-order chi connectivity index (χ1) is 5.81. The molecule has 2 aliphatic rings. The van der Waals surface area contributed by atoms with Gasteiger partial charge in [-0.25, -0.2) is 0 Å². The van der Waals surface area contributed by atoms with E-state index in [4.69, 9.17) is 11.8 Å². The van der Waals surface area contributed by atoms with Crippen LogP contribution in [0.2, 0.25) is 0 Å². The summed E-state index contributed by atoms with van der Waals surface area (Å²) in [6, 6.07) is 0. The number of halogens is 1. The Kier molecular flexibility index (Phi) is 2.20. The number of thioether (sulfide) groups is 1. The van der Waals surface area contributed by atoms with E-state index in [1.165, 1.54) is 10.5 Å². The van der Waals surface area contributed by atoms with Crippen LogP contribution in [-0.4, -0.2) is 10.2 Å². The fourth-order valence-electron chi connectivity index (χ4n) is 1.31. The molecule has 0 aromatic heterocycles. The van der Waals surface area contributed by atoms with Gasteiger partial charge in [0.1, 0.15) is 0 Å². The van der Waals surface area contributed by atoms with E-state index in [0.29, 0.717) is 0 Å². The van der Waals surface area contributed by atoms with Gasteiger partial charge in [-0.3, -0.25) is 4.42 Å². The molecule has 12 heavy (non-hydrogen) atoms. The second-order valence-corrected chi connectivity index (χ2v) is 4.20. The highest BCUT2D eigenvalue weighted by atomic mass is 35.5. The molecule has 0 spiro atoms. The molecule has 0 saturated heterocycles. The molecule has 0 atom stereocenters. The van der Waals surface area contributed by atoms with Gasteiger partial charge in [0, 0.05) is 28.6 Å². The molecule has 0 aliphatic carbocycles. The molecule has 2 rings (SSSR count). The quantitative estimate of drug-likeness (QED) is 0.597. The Balaban J connectivity index is 2.33. The van der Waals surface area contributed by atoms with E-state index in [1.807, 2.05) is 18.0 Å². The van der Waals surface area contributed by atoms with Gasteiger partial charge in [-0.1, -0.05) is 6.92 Å². The van der Waals surface area contributed by atoms with Gasteiger partial charge < -0.3 is 0 Å². The van der Waals surface area contributed by atoms with E-state index in [9.17, 15) is 0 Å². The summed E-state index contributed by atoms with van der Waals surface area (Å²) in [6.45, 7) is 2.14. The summed E-state index contributed by atoms with van der Waals surface area (Å²) in [4.78, 5) is 1.31. The summed E-state index contributed by atoms with van der Waals surface area (Å²) in [5.74, 6) is 1.05. The summed E-state index contributed by atoms with van der Waals surface area (Å²) in [5.41, 5.74) is 2.45. The van der Waals surface area contributed by atoms with Gasteiger partial charge in [0.15, 0.2) is 0 Å². The highest BCUT2D eigenvalue weighted by Crippen LogP contribution is 2.38. The van der Waals surface area contributed by atoms with Crippen LogP contribution < -0.4 is 0 Å². The third-order valence-corrected chi connectivity index (χ3v) is 3.25. The van der Waals surface area contributed by atoms with Crippen LogP contribution in [0.3, 0.4) is 0 Å². The molecule has 0 aromatic rings. The molecule has 0 N–H and O–H groups in total. The Morgan fingerprint density at radius 1 is 1.67 bits per heavy atom. The third-order valence-electron chi connectivity index (χ3n) is 2.00. The zero-order valence-corrected chi connectivity index (χ0v) is 8.45. The molecule has 3 heteroatoms. The molecule has 0 unspecified atom stereocenters. The van der Waals surface area contributed by atoms with Gasteiger partial charge in [-0.15, -0.1) is 11.8 Å². The van der Waals surface area contributed by atoms with Crippen molar-refractivity contribution in [3.63, 3.8) is 0 Å². The first kappa shape index (κ1) is 8.27. The van der Waals surface area contributed by atoms with Crippen LogP contribution >= 0.6 is 23.5 Å². The van der Waals surface area contributed by atoms with Crippen molar-refractivity contribution in [3.8, 4) is 0 Å². The number of hydrogen-bond donors (Lipinski definition) is 0. The van der Waals surface area contributed by atoms with E-state index >= 15 is 0 Å². The lowest BCUT2D eigenvalue weighted by atomic mass is 10.1. The van der Waals surface area contributed by atoms with Crippen molar-refractivity contribution in [2.24, 2.45) is 0 Å². The lowest BCUT2D eigenvalue weighted by Gasteiger charge is -2.19. The van der Waals surface area contributed by atoms with Crippen molar-refractivity contribution in [3.05, 3.63) is 34.5 Å². The minimum Gasteiger partial charge on any atom is -0.260 e. The van der Waals surface area contributed by atoms with E-state index in [-0.39, 0.29) is 0 Å². The van der Waals surface area contributed by atoms with Crippen molar-refractivity contribution in [1.82, 2.24) is 4.42 Å². The zero-order chi connectivity index (χ0) is 8.55. The largest absolute Gasteiger partial charge is 0.260 e. The predicted molar refractivity (Wildman–Crippen MR) is 54.7 cm³/mol. The van der Waals surface area contributed by atoms with Gasteiger partial charge in [-0.05, 0) is 24.1 Å². The number of nitrogens with zero attached hydrogens (tertiary/aromatic N) is 1. The maximum atomic E-state index is 6.03. The molecule has 64 valence electrons. The Bertz CT molecular complexity index is 291. The molecule has 1 nitrogen and oxygen atoms in total. The maximum Gasteiger partial charge on any atom is 0.0679 e. The first-order valence-electron chi connectivity index (χ1n) is 4.02. The molecule has 0 radical (unpaired) electrons. The standard InChI is InChI=1S/C9H10ClNS/c1-2-7-5-9-8(3-4-12-9)11(10)6-7/h3,5-6H,2,4H2,1H3. The smallest absolute Gasteiger partial charge is 0.0679 e. The Labute approximate surface area is 81.9 Å². The van der Waals surface area contributed by atoms with Crippen LogP contribution in [0.1, 0.15) is 13.3 Å². The lowest BCUT2D eigenvalue weighted by Crippen LogP contribution is -2.07. The van der Waals surface area contributed by atoms with Crippen molar-refractivity contribution in [1.29, 1.82) is 0 Å². The molecule has 2 heterocycles. The third kappa shape index (κ3) is 1.29. The van der Waals surface area contributed by atoms with Crippen LogP contribution in [0, 0.1) is 0 Å². The van der Waals surface area contributed by atoms with Crippen molar-refractivity contribution >= 4 is 23.5 Å². The van der Waals surface area contributed by atoms with E-state index in [1.54, 1.807) is 4.42 Å². The lowest BCUT2D eigenvalue weighted by molar-refractivity contribution is 0.749. The fourth-order valence-corrected chi connectivity index (χ4v) is 2.63. The normalized spacial score (nSPS) is 21.5. The molecule has 0 saturated carbocycles. The Morgan fingerprint density at radius 3 is 3.25 bits per heavy atom. The Morgan fingerprint density at radius 2 is 2.50 bits per heavy atom. The van der Waals surface area contributed by atoms with Crippen LogP contribution in [0.25, 0.3) is 0 Å². The van der Waals surface area contributed by atoms with Crippen LogP contribution in [0.4, 0.5) is 0 Å². The fraction of sp³-hybridized carbons (Fsp3) is 0.333. The maximum absolute atomic E-state index is 6.03. The van der Waals surface area contributed by atoms with Crippen molar-refractivity contribution in [2.75, 3.05) is 5.75 Å². The van der Waals surface area contributed by atoms with Crippen LogP contribution in [0.5, 0.6) is 0 Å². The van der Waals surface area contributed by atoms with Crippen LogP contribution in [-0.2, 0) is 0 Å². The minimum absolute atomic E-state index is 1.04. The monoisotopic (exact) mass is 199 g/mol. The van der Waals surface area contributed by atoms with E-state index in [0.717, 1.165) is 17.9 Å². The summed E-state index contributed by atoms with van der Waals surface area (Å²) in [6.07, 6.45) is 7.41. The average Bonchev–Trinajstić information content (AvgIpc) is 2.52. The van der Waals surface area contributed by atoms with Gasteiger partial charge in [-0.2, -0.15) is 0 Å². The molecule has 0 aromatic carbocycles. The van der Waals surface area contributed by atoms with Gasteiger partial charge in [0.05, 0.1) is 5.70 Å². The molecular formula is C9H10ClNS. The Hall–Kier alpha value is -0.340. The topological polar surface area (TPSA) is 3.24 Å². The van der Waals surface area contributed by atoms with E-state index < -0.39 is 0 Å². The van der Waals surface area contributed by atoms with Crippen LogP contribution in [0.15, 0.2) is 34.5 Å². The molecule has 0 amide bonds. The highest BCUT2D eigenvalue weighted by Gasteiger charge is 2.20. The number of rotatable bonds is 1. The number of allylic oxidation sites excluding steroid dienone is 2. The first-order valence-corrected chi connectivity index (χ1v) is 5.34. The second-order valence-electron chi connectivity index (χ2n) is 2.78. The summed E-state index contributed by atoms with van der Waals surface area (Å²) >= 11 is 7.88. The van der Waals surface area contributed by atoms with Crippen molar-refractivity contribution in [2.45, 2.75) is 13.3 Å².